The number of benzene rings is 1. The number of carbonyl (C=O) groups is 3. The summed E-state index contributed by atoms with van der Waals surface area (Å²) in [5.41, 5.74) is 1.52. The molecule has 2 rings (SSSR count). The van der Waals surface area contributed by atoms with Crippen molar-refractivity contribution in [2.24, 2.45) is 5.92 Å². The second kappa shape index (κ2) is 10.7. The first-order valence-electron chi connectivity index (χ1n) is 9.78. The zero-order valence-electron chi connectivity index (χ0n) is 18.6. The van der Waals surface area contributed by atoms with Crippen molar-refractivity contribution in [1.82, 2.24) is 4.31 Å². The van der Waals surface area contributed by atoms with E-state index in [0.29, 0.717) is 28.6 Å². The molecule has 0 aliphatic carbocycles. The van der Waals surface area contributed by atoms with Gasteiger partial charge in [-0.05, 0) is 47.5 Å². The standard InChI is InChI=1S/C21H27N3O6S2/c1-13(2)10-15-12-31-20(19(15)21(27)30-5)23-18(26)11-24(4)32(28,29)17-8-6-16(7-9-17)22-14(3)25/h6-9,12-13H,10-11H2,1-5H3,(H,22,25)(H,23,26). The molecule has 174 valence electrons. The number of carbonyl (C=O) groups excluding carboxylic acids is 3. The van der Waals surface area contributed by atoms with Gasteiger partial charge in [-0.25, -0.2) is 13.2 Å². The molecule has 0 aliphatic rings. The summed E-state index contributed by atoms with van der Waals surface area (Å²) in [5.74, 6) is -1.12. The number of hydrogen-bond acceptors (Lipinski definition) is 7. The lowest BCUT2D eigenvalue weighted by Crippen LogP contribution is -2.35. The molecule has 0 saturated heterocycles. The highest BCUT2D eigenvalue weighted by Crippen LogP contribution is 2.31. The Morgan fingerprint density at radius 1 is 1.12 bits per heavy atom. The Hall–Kier alpha value is -2.76. The fourth-order valence-corrected chi connectivity index (χ4v) is 5.05. The number of rotatable bonds is 9. The maximum atomic E-state index is 12.8. The van der Waals surface area contributed by atoms with Crippen molar-refractivity contribution in [3.05, 3.63) is 40.8 Å². The molecule has 0 bridgehead atoms. The second-order valence-electron chi connectivity index (χ2n) is 7.57. The molecular formula is C21H27N3O6S2. The Labute approximate surface area is 191 Å². The molecule has 1 heterocycles. The van der Waals surface area contributed by atoms with Gasteiger partial charge in [0.2, 0.25) is 21.8 Å². The Kier molecular flexibility index (Phi) is 8.53. The van der Waals surface area contributed by atoms with Crippen molar-refractivity contribution < 1.29 is 27.5 Å². The molecular weight excluding hydrogens is 454 g/mol. The summed E-state index contributed by atoms with van der Waals surface area (Å²) < 4.78 is 31.3. The molecule has 9 nitrogen and oxygen atoms in total. The number of methoxy groups -OCH3 is 1. The monoisotopic (exact) mass is 481 g/mol. The third-order valence-electron chi connectivity index (χ3n) is 4.39. The van der Waals surface area contributed by atoms with Crippen LogP contribution in [0.4, 0.5) is 10.7 Å². The highest BCUT2D eigenvalue weighted by Gasteiger charge is 2.25. The third-order valence-corrected chi connectivity index (χ3v) is 7.15. The Morgan fingerprint density at radius 2 is 1.75 bits per heavy atom. The van der Waals surface area contributed by atoms with Crippen LogP contribution in [0.2, 0.25) is 0 Å². The van der Waals surface area contributed by atoms with Crippen molar-refractivity contribution in [3.8, 4) is 0 Å². The molecule has 11 heteroatoms. The molecule has 2 amide bonds. The van der Waals surface area contributed by atoms with Gasteiger partial charge in [0.1, 0.15) is 5.00 Å². The number of nitrogens with one attached hydrogen (secondary N) is 2. The minimum Gasteiger partial charge on any atom is -0.465 e. The van der Waals surface area contributed by atoms with Crippen molar-refractivity contribution in [2.45, 2.75) is 32.1 Å². The Bertz CT molecular complexity index is 1090. The average Bonchev–Trinajstić information content (AvgIpc) is 3.08. The number of ether oxygens (including phenoxy) is 1. The maximum absolute atomic E-state index is 12.8. The lowest BCUT2D eigenvalue weighted by atomic mass is 10.0. The number of likely N-dealkylation sites (N-methyl/N-ethyl adjacent to an activating group) is 1. The first-order chi connectivity index (χ1) is 14.9. The zero-order valence-corrected chi connectivity index (χ0v) is 20.2. The molecule has 2 N–H and O–H groups in total. The van der Waals surface area contributed by atoms with Gasteiger partial charge in [-0.2, -0.15) is 4.31 Å². The van der Waals surface area contributed by atoms with Crippen LogP contribution in [-0.2, 0) is 30.8 Å². The number of esters is 1. The fraction of sp³-hybridized carbons (Fsp3) is 0.381. The van der Waals surface area contributed by atoms with E-state index >= 15 is 0 Å². The summed E-state index contributed by atoms with van der Waals surface area (Å²) >= 11 is 1.19. The largest absolute Gasteiger partial charge is 0.465 e. The van der Waals surface area contributed by atoms with Gasteiger partial charge in [0.15, 0.2) is 0 Å². The average molecular weight is 482 g/mol. The van der Waals surface area contributed by atoms with Crippen LogP contribution in [-0.4, -0.2) is 51.2 Å². The van der Waals surface area contributed by atoms with Gasteiger partial charge in [-0.1, -0.05) is 13.8 Å². The number of thiophene rings is 1. The van der Waals surface area contributed by atoms with E-state index < -0.39 is 28.4 Å². The van der Waals surface area contributed by atoms with E-state index in [2.05, 4.69) is 10.6 Å². The lowest BCUT2D eigenvalue weighted by Gasteiger charge is -2.17. The summed E-state index contributed by atoms with van der Waals surface area (Å²) in [6, 6.07) is 5.63. The predicted octanol–water partition coefficient (Wildman–Crippen LogP) is 2.95. The van der Waals surface area contributed by atoms with Gasteiger partial charge in [-0.15, -0.1) is 11.3 Å². The summed E-state index contributed by atoms with van der Waals surface area (Å²) in [6.07, 6.45) is 0.638. The Balaban J connectivity index is 2.14. The number of amides is 2. The van der Waals surface area contributed by atoms with E-state index in [1.54, 1.807) is 5.38 Å². The van der Waals surface area contributed by atoms with Crippen molar-refractivity contribution in [3.63, 3.8) is 0 Å². The fourth-order valence-electron chi connectivity index (χ4n) is 2.95. The van der Waals surface area contributed by atoms with Gasteiger partial charge in [0.25, 0.3) is 0 Å². The van der Waals surface area contributed by atoms with Gasteiger partial charge < -0.3 is 15.4 Å². The molecule has 0 saturated carbocycles. The predicted molar refractivity (Wildman–Crippen MR) is 123 cm³/mol. The molecule has 1 aromatic carbocycles. The highest BCUT2D eigenvalue weighted by molar-refractivity contribution is 7.89. The van der Waals surface area contributed by atoms with E-state index in [1.165, 1.54) is 56.7 Å². The lowest BCUT2D eigenvalue weighted by molar-refractivity contribution is -0.116. The number of hydrogen-bond donors (Lipinski definition) is 2. The van der Waals surface area contributed by atoms with Crippen LogP contribution in [0.15, 0.2) is 34.5 Å². The second-order valence-corrected chi connectivity index (χ2v) is 10.5. The van der Waals surface area contributed by atoms with Gasteiger partial charge in [0, 0.05) is 19.7 Å². The number of anilines is 2. The van der Waals surface area contributed by atoms with Gasteiger partial charge >= 0.3 is 5.97 Å². The molecule has 0 aliphatic heterocycles. The number of nitrogens with zero attached hydrogens (tertiary/aromatic N) is 1. The topological polar surface area (TPSA) is 122 Å². The first kappa shape index (κ1) is 25.5. The molecule has 2 aromatic rings. The zero-order chi connectivity index (χ0) is 24.1. The molecule has 0 unspecified atom stereocenters. The van der Waals surface area contributed by atoms with Crippen LogP contribution >= 0.6 is 11.3 Å². The number of sulfonamides is 1. The van der Waals surface area contributed by atoms with Crippen molar-refractivity contribution in [1.29, 1.82) is 0 Å². The normalized spacial score (nSPS) is 11.5. The van der Waals surface area contributed by atoms with E-state index in [-0.39, 0.29) is 10.8 Å². The summed E-state index contributed by atoms with van der Waals surface area (Å²) in [4.78, 5) is 35.9. The van der Waals surface area contributed by atoms with Crippen LogP contribution in [0.3, 0.4) is 0 Å². The molecule has 0 fully saturated rings. The first-order valence-corrected chi connectivity index (χ1v) is 12.1. The van der Waals surface area contributed by atoms with E-state index in [4.69, 9.17) is 4.74 Å². The summed E-state index contributed by atoms with van der Waals surface area (Å²) in [5, 5.41) is 7.30. The van der Waals surface area contributed by atoms with Crippen LogP contribution in [0.1, 0.15) is 36.7 Å². The molecule has 0 spiro atoms. The maximum Gasteiger partial charge on any atom is 0.341 e. The van der Waals surface area contributed by atoms with Crippen LogP contribution in [0.5, 0.6) is 0 Å². The molecule has 0 radical (unpaired) electrons. The minimum atomic E-state index is -3.94. The van der Waals surface area contributed by atoms with Gasteiger partial charge in [-0.3, -0.25) is 9.59 Å². The minimum absolute atomic E-state index is 0.0208. The van der Waals surface area contributed by atoms with E-state index in [1.807, 2.05) is 13.8 Å². The molecule has 1 aromatic heterocycles. The van der Waals surface area contributed by atoms with E-state index in [0.717, 1.165) is 9.87 Å². The van der Waals surface area contributed by atoms with Crippen molar-refractivity contribution in [2.75, 3.05) is 31.3 Å². The highest BCUT2D eigenvalue weighted by atomic mass is 32.2. The quantitative estimate of drug-likeness (QED) is 0.531. The van der Waals surface area contributed by atoms with Gasteiger partial charge in [0.05, 0.1) is 24.1 Å². The van der Waals surface area contributed by atoms with Crippen LogP contribution in [0, 0.1) is 5.92 Å². The third kappa shape index (κ3) is 6.38. The Morgan fingerprint density at radius 3 is 2.28 bits per heavy atom. The summed E-state index contributed by atoms with van der Waals surface area (Å²) in [7, 11) is -1.39. The SMILES string of the molecule is COC(=O)c1c(CC(C)C)csc1NC(=O)CN(C)S(=O)(=O)c1ccc(NC(C)=O)cc1. The smallest absolute Gasteiger partial charge is 0.341 e. The van der Waals surface area contributed by atoms with Crippen molar-refractivity contribution >= 4 is 49.8 Å². The van der Waals surface area contributed by atoms with Crippen LogP contribution < -0.4 is 10.6 Å². The van der Waals surface area contributed by atoms with Crippen LogP contribution in [0.25, 0.3) is 0 Å². The summed E-state index contributed by atoms with van der Waals surface area (Å²) in [6.45, 7) is 4.93. The van der Waals surface area contributed by atoms with E-state index in [9.17, 15) is 22.8 Å². The molecule has 32 heavy (non-hydrogen) atoms. The molecule has 0 atom stereocenters.